The van der Waals surface area contributed by atoms with E-state index in [0.29, 0.717) is 11.6 Å². The van der Waals surface area contributed by atoms with Crippen molar-refractivity contribution < 1.29 is 13.9 Å². The molecule has 0 bridgehead atoms. The largest absolute Gasteiger partial charge is 0.494 e. The van der Waals surface area contributed by atoms with Gasteiger partial charge < -0.3 is 15.0 Å². The van der Waals surface area contributed by atoms with Crippen LogP contribution in [0.3, 0.4) is 0 Å². The minimum Gasteiger partial charge on any atom is -0.494 e. The molecule has 1 aliphatic heterocycles. The molecule has 1 aliphatic rings. The third-order valence-corrected chi connectivity index (χ3v) is 4.11. The maximum absolute atomic E-state index is 13.7. The van der Waals surface area contributed by atoms with E-state index in [9.17, 15) is 9.18 Å². The second-order valence-electron chi connectivity index (χ2n) is 5.71. The first-order chi connectivity index (χ1) is 10.7. The molecule has 122 valence electrons. The molecule has 1 saturated heterocycles. The van der Waals surface area contributed by atoms with Crippen LogP contribution in [0.2, 0.25) is 0 Å². The van der Waals surface area contributed by atoms with E-state index in [-0.39, 0.29) is 18.1 Å². The summed E-state index contributed by atoms with van der Waals surface area (Å²) in [4.78, 5) is 14.6. The standard InChI is InChI=1S/C17H25FN2O2/c1-3-10-20(14-6-8-19-9-7-14)17(21)12-13-4-5-16(22-2)15(18)11-13/h4-5,11,14,19H,3,6-10,12H2,1-2H3. The van der Waals surface area contributed by atoms with Crippen LogP contribution in [0.4, 0.5) is 4.39 Å². The third-order valence-electron chi connectivity index (χ3n) is 4.11. The van der Waals surface area contributed by atoms with Gasteiger partial charge in [0.1, 0.15) is 0 Å². The molecule has 5 heteroatoms. The van der Waals surface area contributed by atoms with Gasteiger partial charge in [-0.25, -0.2) is 4.39 Å². The van der Waals surface area contributed by atoms with Gasteiger partial charge in [0.25, 0.3) is 0 Å². The highest BCUT2D eigenvalue weighted by Gasteiger charge is 2.24. The minimum absolute atomic E-state index is 0.0818. The molecule has 0 unspecified atom stereocenters. The van der Waals surface area contributed by atoms with Gasteiger partial charge in [-0.15, -0.1) is 0 Å². The Bertz CT molecular complexity index is 501. The van der Waals surface area contributed by atoms with Crippen LogP contribution < -0.4 is 10.1 Å². The van der Waals surface area contributed by atoms with E-state index in [1.54, 1.807) is 12.1 Å². The van der Waals surface area contributed by atoms with E-state index in [2.05, 4.69) is 12.2 Å². The number of methoxy groups -OCH3 is 1. The van der Waals surface area contributed by atoms with E-state index in [0.717, 1.165) is 38.9 Å². The predicted molar refractivity (Wildman–Crippen MR) is 84.6 cm³/mol. The maximum Gasteiger partial charge on any atom is 0.227 e. The Morgan fingerprint density at radius 3 is 2.73 bits per heavy atom. The van der Waals surface area contributed by atoms with E-state index in [4.69, 9.17) is 4.74 Å². The van der Waals surface area contributed by atoms with Crippen LogP contribution in [-0.2, 0) is 11.2 Å². The second kappa shape index (κ2) is 8.13. The van der Waals surface area contributed by atoms with Gasteiger partial charge in [0.15, 0.2) is 11.6 Å². The fourth-order valence-electron chi connectivity index (χ4n) is 2.97. The summed E-state index contributed by atoms with van der Waals surface area (Å²) >= 11 is 0. The summed E-state index contributed by atoms with van der Waals surface area (Å²) < 4.78 is 18.7. The summed E-state index contributed by atoms with van der Waals surface area (Å²) in [6.07, 6.45) is 3.16. The van der Waals surface area contributed by atoms with Gasteiger partial charge >= 0.3 is 0 Å². The highest BCUT2D eigenvalue weighted by atomic mass is 19.1. The quantitative estimate of drug-likeness (QED) is 0.877. The minimum atomic E-state index is -0.420. The van der Waals surface area contributed by atoms with Gasteiger partial charge in [-0.2, -0.15) is 0 Å². The molecule has 0 saturated carbocycles. The van der Waals surface area contributed by atoms with Gasteiger partial charge in [-0.1, -0.05) is 13.0 Å². The molecule has 0 aromatic heterocycles. The molecule has 1 N–H and O–H groups in total. The van der Waals surface area contributed by atoms with Crippen molar-refractivity contribution in [2.24, 2.45) is 0 Å². The van der Waals surface area contributed by atoms with E-state index in [1.807, 2.05) is 4.90 Å². The number of benzene rings is 1. The summed E-state index contributed by atoms with van der Waals surface area (Å²) in [5, 5.41) is 3.32. The van der Waals surface area contributed by atoms with E-state index < -0.39 is 5.82 Å². The van der Waals surface area contributed by atoms with Gasteiger partial charge in [-0.3, -0.25) is 4.79 Å². The molecule has 1 aromatic rings. The second-order valence-corrected chi connectivity index (χ2v) is 5.71. The monoisotopic (exact) mass is 308 g/mol. The fourth-order valence-corrected chi connectivity index (χ4v) is 2.97. The Morgan fingerprint density at radius 1 is 1.41 bits per heavy atom. The number of nitrogens with one attached hydrogen (secondary N) is 1. The molecule has 1 fully saturated rings. The molecule has 0 atom stereocenters. The molecule has 1 aromatic carbocycles. The smallest absolute Gasteiger partial charge is 0.227 e. The molecule has 0 radical (unpaired) electrons. The summed E-state index contributed by atoms with van der Waals surface area (Å²) in [5.74, 6) is -0.130. The van der Waals surface area contributed by atoms with Crippen LogP contribution in [0.1, 0.15) is 31.7 Å². The Kier molecular flexibility index (Phi) is 6.19. The Balaban J connectivity index is 2.05. The molecule has 1 amide bonds. The number of hydrogen-bond donors (Lipinski definition) is 1. The lowest BCUT2D eigenvalue weighted by atomic mass is 10.0. The molecule has 2 rings (SSSR count). The predicted octanol–water partition coefficient (Wildman–Crippen LogP) is 2.37. The van der Waals surface area contributed by atoms with Gasteiger partial charge in [0.2, 0.25) is 5.91 Å². The SMILES string of the molecule is CCCN(C(=O)Cc1ccc(OC)c(F)c1)C1CCNCC1. The topological polar surface area (TPSA) is 41.6 Å². The van der Waals surface area contributed by atoms with Crippen LogP contribution in [-0.4, -0.2) is 43.6 Å². The zero-order valence-corrected chi connectivity index (χ0v) is 13.4. The summed E-state index contributed by atoms with van der Waals surface area (Å²) in [6.45, 7) is 4.75. The normalized spacial score (nSPS) is 15.6. The lowest BCUT2D eigenvalue weighted by Crippen LogP contribution is -2.47. The van der Waals surface area contributed by atoms with Gasteiger partial charge in [0.05, 0.1) is 13.5 Å². The zero-order chi connectivity index (χ0) is 15.9. The molecular weight excluding hydrogens is 283 g/mol. The number of rotatable bonds is 6. The summed E-state index contributed by atoms with van der Waals surface area (Å²) in [7, 11) is 1.43. The van der Waals surface area contributed by atoms with Crippen molar-refractivity contribution in [2.75, 3.05) is 26.7 Å². The zero-order valence-electron chi connectivity index (χ0n) is 13.4. The Morgan fingerprint density at radius 2 is 2.14 bits per heavy atom. The van der Waals surface area contributed by atoms with Crippen LogP contribution in [0, 0.1) is 5.82 Å². The van der Waals surface area contributed by atoms with Crippen molar-refractivity contribution >= 4 is 5.91 Å². The Hall–Kier alpha value is -1.62. The van der Waals surface area contributed by atoms with Crippen LogP contribution in [0.5, 0.6) is 5.75 Å². The highest BCUT2D eigenvalue weighted by Crippen LogP contribution is 2.19. The number of carbonyl (C=O) groups excluding carboxylic acids is 1. The van der Waals surface area contributed by atoms with Crippen LogP contribution >= 0.6 is 0 Å². The summed E-state index contributed by atoms with van der Waals surface area (Å²) in [5.41, 5.74) is 0.693. The van der Waals surface area contributed by atoms with Crippen molar-refractivity contribution in [1.82, 2.24) is 10.2 Å². The molecular formula is C17H25FN2O2. The molecule has 22 heavy (non-hydrogen) atoms. The van der Waals surface area contributed by atoms with Gasteiger partial charge in [-0.05, 0) is 50.0 Å². The first-order valence-corrected chi connectivity index (χ1v) is 7.98. The van der Waals surface area contributed by atoms with Crippen LogP contribution in [0.15, 0.2) is 18.2 Å². The van der Waals surface area contributed by atoms with Crippen LogP contribution in [0.25, 0.3) is 0 Å². The molecule has 0 spiro atoms. The maximum atomic E-state index is 13.7. The molecule has 0 aliphatic carbocycles. The third kappa shape index (κ3) is 4.19. The van der Waals surface area contributed by atoms with Crippen molar-refractivity contribution in [1.29, 1.82) is 0 Å². The van der Waals surface area contributed by atoms with Crippen molar-refractivity contribution in [3.63, 3.8) is 0 Å². The van der Waals surface area contributed by atoms with E-state index in [1.165, 1.54) is 13.2 Å². The fraction of sp³-hybridized carbons (Fsp3) is 0.588. The summed E-state index contributed by atoms with van der Waals surface area (Å²) in [6, 6.07) is 5.03. The number of amides is 1. The first-order valence-electron chi connectivity index (χ1n) is 7.98. The lowest BCUT2D eigenvalue weighted by Gasteiger charge is -2.34. The number of halogens is 1. The van der Waals surface area contributed by atoms with E-state index >= 15 is 0 Å². The van der Waals surface area contributed by atoms with Crippen molar-refractivity contribution in [2.45, 2.75) is 38.6 Å². The van der Waals surface area contributed by atoms with Gasteiger partial charge in [0, 0.05) is 12.6 Å². The van der Waals surface area contributed by atoms with Crippen molar-refractivity contribution in [3.8, 4) is 5.75 Å². The Labute approximate surface area is 131 Å². The van der Waals surface area contributed by atoms with Crippen molar-refractivity contribution in [3.05, 3.63) is 29.6 Å². The molecule has 1 heterocycles. The average Bonchev–Trinajstić information content (AvgIpc) is 2.53. The molecule has 4 nitrogen and oxygen atoms in total. The number of piperidine rings is 1. The lowest BCUT2D eigenvalue weighted by molar-refractivity contribution is -0.133. The number of hydrogen-bond acceptors (Lipinski definition) is 3. The number of carbonyl (C=O) groups is 1. The average molecular weight is 308 g/mol. The first kappa shape index (κ1) is 16.7. The number of ether oxygens (including phenoxy) is 1. The number of nitrogens with zero attached hydrogens (tertiary/aromatic N) is 1. The highest BCUT2D eigenvalue weighted by molar-refractivity contribution is 5.79.